The zero-order valence-electron chi connectivity index (χ0n) is 13.1. The van der Waals surface area contributed by atoms with Gasteiger partial charge in [0, 0.05) is 17.2 Å². The molecule has 1 aliphatic rings. The van der Waals surface area contributed by atoms with E-state index in [0.717, 1.165) is 18.7 Å². The van der Waals surface area contributed by atoms with E-state index < -0.39 is 0 Å². The van der Waals surface area contributed by atoms with Gasteiger partial charge in [0.05, 0.1) is 0 Å². The highest BCUT2D eigenvalue weighted by Gasteiger charge is 2.17. The van der Waals surface area contributed by atoms with Crippen LogP contribution in [0, 0.1) is 0 Å². The maximum atomic E-state index is 2.41. The molecule has 1 nitrogen and oxygen atoms in total. The lowest BCUT2D eigenvalue weighted by molar-refractivity contribution is -0.00000423. The largest absolute Gasteiger partial charge is 1.00 e. The highest BCUT2D eigenvalue weighted by Crippen LogP contribution is 2.39. The number of fused-ring (bicyclic) bond motifs is 2. The Morgan fingerprint density at radius 3 is 2.45 bits per heavy atom. The number of hydrogen-bond donors (Lipinski definition) is 0. The molecule has 0 fully saturated rings. The Morgan fingerprint density at radius 2 is 1.68 bits per heavy atom. The molecule has 116 valence electrons. The summed E-state index contributed by atoms with van der Waals surface area (Å²) in [6.07, 6.45) is 3.49. The molecular formula is C19H21ClNS-. The Balaban J connectivity index is 0.00000176. The first-order valence-electron chi connectivity index (χ1n) is 7.41. The van der Waals surface area contributed by atoms with Gasteiger partial charge in [0.1, 0.15) is 0 Å². The van der Waals surface area contributed by atoms with Crippen LogP contribution in [0.2, 0.25) is 0 Å². The van der Waals surface area contributed by atoms with Gasteiger partial charge in [-0.15, -0.1) is 11.8 Å². The summed E-state index contributed by atoms with van der Waals surface area (Å²) in [6.45, 7) is 1.08. The summed E-state index contributed by atoms with van der Waals surface area (Å²) >= 11 is 1.94. The van der Waals surface area contributed by atoms with Gasteiger partial charge in [-0.3, -0.25) is 0 Å². The van der Waals surface area contributed by atoms with E-state index in [0.29, 0.717) is 0 Å². The fourth-order valence-electron chi connectivity index (χ4n) is 2.71. The van der Waals surface area contributed by atoms with Crippen LogP contribution >= 0.6 is 11.8 Å². The van der Waals surface area contributed by atoms with Crippen LogP contribution in [-0.2, 0) is 5.75 Å². The lowest BCUT2D eigenvalue weighted by Gasteiger charge is -2.12. The molecule has 0 saturated carbocycles. The molecule has 0 spiro atoms. The molecule has 2 aromatic carbocycles. The van der Waals surface area contributed by atoms with Crippen molar-refractivity contribution in [2.45, 2.75) is 17.1 Å². The van der Waals surface area contributed by atoms with Crippen molar-refractivity contribution in [3.8, 4) is 0 Å². The Labute approximate surface area is 143 Å². The van der Waals surface area contributed by atoms with Crippen molar-refractivity contribution in [3.63, 3.8) is 0 Å². The SMILES string of the molecule is CN(C)CC/C=C1\c2ccccc2CSc2ccccc21.[Cl-]. The van der Waals surface area contributed by atoms with Crippen LogP contribution in [0.5, 0.6) is 0 Å². The first kappa shape index (κ1) is 17.1. The number of halogens is 1. The average Bonchev–Trinajstić information content (AvgIpc) is 2.65. The highest BCUT2D eigenvalue weighted by atomic mass is 35.5. The van der Waals surface area contributed by atoms with Crippen LogP contribution in [0.3, 0.4) is 0 Å². The molecule has 2 aromatic rings. The molecule has 0 aromatic heterocycles. The van der Waals surface area contributed by atoms with Crippen LogP contribution in [0.4, 0.5) is 0 Å². The molecule has 0 radical (unpaired) electrons. The van der Waals surface area contributed by atoms with E-state index in [2.05, 4.69) is 73.6 Å². The molecule has 0 aliphatic carbocycles. The first-order valence-corrected chi connectivity index (χ1v) is 8.39. The fraction of sp³-hybridized carbons (Fsp3) is 0.263. The summed E-state index contributed by atoms with van der Waals surface area (Å²) in [5.41, 5.74) is 5.61. The van der Waals surface area contributed by atoms with E-state index in [4.69, 9.17) is 0 Å². The van der Waals surface area contributed by atoms with Crippen molar-refractivity contribution in [1.29, 1.82) is 0 Å². The van der Waals surface area contributed by atoms with E-state index in [1.807, 2.05) is 11.8 Å². The lowest BCUT2D eigenvalue weighted by Crippen LogP contribution is -3.00. The zero-order valence-corrected chi connectivity index (χ0v) is 14.6. The third-order valence-corrected chi connectivity index (χ3v) is 4.92. The Hall–Kier alpha value is -1.22. The van der Waals surface area contributed by atoms with Crippen LogP contribution in [0.15, 0.2) is 59.5 Å². The van der Waals surface area contributed by atoms with Gasteiger partial charge in [-0.2, -0.15) is 0 Å². The molecule has 1 aliphatic heterocycles. The summed E-state index contributed by atoms with van der Waals surface area (Å²) in [4.78, 5) is 3.63. The van der Waals surface area contributed by atoms with Gasteiger partial charge in [0.2, 0.25) is 0 Å². The topological polar surface area (TPSA) is 3.24 Å². The monoisotopic (exact) mass is 330 g/mol. The van der Waals surface area contributed by atoms with Gasteiger partial charge >= 0.3 is 0 Å². The van der Waals surface area contributed by atoms with Gasteiger partial charge in [-0.1, -0.05) is 48.5 Å². The van der Waals surface area contributed by atoms with Gasteiger partial charge in [-0.25, -0.2) is 0 Å². The predicted octanol–water partition coefficient (Wildman–Crippen LogP) is 1.68. The molecule has 0 amide bonds. The molecular weight excluding hydrogens is 310 g/mol. The van der Waals surface area contributed by atoms with Gasteiger partial charge in [-0.05, 0) is 48.8 Å². The third-order valence-electron chi connectivity index (χ3n) is 3.79. The van der Waals surface area contributed by atoms with Crippen LogP contribution in [-0.4, -0.2) is 25.5 Å². The Bertz CT molecular complexity index is 614. The molecule has 0 unspecified atom stereocenters. The number of benzene rings is 2. The summed E-state index contributed by atoms with van der Waals surface area (Å²) in [5.74, 6) is 1.05. The first-order chi connectivity index (χ1) is 10.3. The van der Waals surface area contributed by atoms with Crippen molar-refractivity contribution in [2.75, 3.05) is 20.6 Å². The number of thioether (sulfide) groups is 1. The minimum Gasteiger partial charge on any atom is -1.00 e. The van der Waals surface area contributed by atoms with Crippen molar-refractivity contribution in [3.05, 3.63) is 71.3 Å². The van der Waals surface area contributed by atoms with E-state index in [9.17, 15) is 0 Å². The van der Waals surface area contributed by atoms with Crippen molar-refractivity contribution in [2.24, 2.45) is 0 Å². The predicted molar refractivity (Wildman–Crippen MR) is 92.7 cm³/mol. The van der Waals surface area contributed by atoms with Gasteiger partial charge in [0.15, 0.2) is 0 Å². The van der Waals surface area contributed by atoms with Gasteiger partial charge in [0.25, 0.3) is 0 Å². The van der Waals surface area contributed by atoms with Crippen molar-refractivity contribution >= 4 is 17.3 Å². The maximum Gasteiger partial charge on any atom is 0.0238 e. The lowest BCUT2D eigenvalue weighted by atomic mass is 9.93. The van der Waals surface area contributed by atoms with E-state index in [1.54, 1.807) is 0 Å². The molecule has 22 heavy (non-hydrogen) atoms. The highest BCUT2D eigenvalue weighted by molar-refractivity contribution is 7.98. The third kappa shape index (κ3) is 3.75. The molecule has 0 bridgehead atoms. The van der Waals surface area contributed by atoms with Crippen LogP contribution in [0.1, 0.15) is 23.1 Å². The smallest absolute Gasteiger partial charge is 0.0238 e. The second-order valence-corrected chi connectivity index (χ2v) is 6.67. The van der Waals surface area contributed by atoms with Crippen LogP contribution < -0.4 is 12.4 Å². The molecule has 0 saturated heterocycles. The van der Waals surface area contributed by atoms with E-state index in [-0.39, 0.29) is 12.4 Å². The Kier molecular flexibility index (Phi) is 6.13. The minimum atomic E-state index is 0. The summed E-state index contributed by atoms with van der Waals surface area (Å²) < 4.78 is 0. The average molecular weight is 331 g/mol. The molecule has 0 atom stereocenters. The summed E-state index contributed by atoms with van der Waals surface area (Å²) in [6, 6.07) is 17.6. The number of hydrogen-bond acceptors (Lipinski definition) is 2. The van der Waals surface area contributed by atoms with E-state index in [1.165, 1.54) is 27.2 Å². The standard InChI is InChI=1S/C19H21NS.ClH/c1-20(2)13-7-11-17-16-9-4-3-8-15(16)14-21-19-12-6-5-10-18(17)19;/h3-6,8-12H,7,13-14H2,1-2H3;1H/p-1/b17-11+;. The minimum absolute atomic E-state index is 0. The second-order valence-electron chi connectivity index (χ2n) is 5.65. The van der Waals surface area contributed by atoms with Crippen molar-refractivity contribution < 1.29 is 12.4 Å². The summed E-state index contributed by atoms with van der Waals surface area (Å²) in [7, 11) is 4.26. The molecule has 0 N–H and O–H groups in total. The number of rotatable bonds is 3. The maximum absolute atomic E-state index is 2.41. The zero-order chi connectivity index (χ0) is 14.7. The normalized spacial score (nSPS) is 15.0. The van der Waals surface area contributed by atoms with E-state index >= 15 is 0 Å². The fourth-order valence-corrected chi connectivity index (χ4v) is 3.78. The summed E-state index contributed by atoms with van der Waals surface area (Å²) in [5, 5.41) is 0. The quantitative estimate of drug-likeness (QED) is 0.842. The van der Waals surface area contributed by atoms with Gasteiger partial charge < -0.3 is 17.3 Å². The molecule has 3 rings (SSSR count). The molecule has 1 heterocycles. The van der Waals surface area contributed by atoms with Crippen LogP contribution in [0.25, 0.3) is 5.57 Å². The second kappa shape index (κ2) is 7.87. The number of nitrogens with zero attached hydrogens (tertiary/aromatic N) is 1. The molecule has 3 heteroatoms. The van der Waals surface area contributed by atoms with Crippen molar-refractivity contribution in [1.82, 2.24) is 4.90 Å². The Morgan fingerprint density at radius 1 is 1.00 bits per heavy atom.